The molecule has 0 amide bonds. The summed E-state index contributed by atoms with van der Waals surface area (Å²) in [5, 5.41) is 48.7. The van der Waals surface area contributed by atoms with Gasteiger partial charge >= 0.3 is 5.97 Å². The lowest BCUT2D eigenvalue weighted by Crippen LogP contribution is -2.55. The van der Waals surface area contributed by atoms with Crippen LogP contribution in [0.25, 0.3) is 11.3 Å². The van der Waals surface area contributed by atoms with Gasteiger partial charge in [-0.2, -0.15) is 0 Å². The van der Waals surface area contributed by atoms with Crippen LogP contribution in [0.4, 0.5) is 13.2 Å². The van der Waals surface area contributed by atoms with Crippen LogP contribution in [0.5, 0.6) is 0 Å². The molecule has 1 saturated heterocycles. The third-order valence-corrected chi connectivity index (χ3v) is 6.81. The summed E-state index contributed by atoms with van der Waals surface area (Å²) in [5.41, 5.74) is -1.52. The molecule has 2 heterocycles. The summed E-state index contributed by atoms with van der Waals surface area (Å²) >= 11 is 6.79. The number of thioether (sulfide) groups is 1. The highest BCUT2D eigenvalue weighted by Gasteiger charge is 2.46. The number of hydrogen-bond donors (Lipinski definition) is 4. The molecule has 4 N–H and O–H groups in total. The maximum atomic E-state index is 13.6. The number of aliphatic hydroxyl groups is 3. The topological polar surface area (TPSA) is 138 Å². The van der Waals surface area contributed by atoms with Gasteiger partial charge in [0.2, 0.25) is 0 Å². The summed E-state index contributed by atoms with van der Waals surface area (Å²) < 4.78 is 47.2. The van der Waals surface area contributed by atoms with Crippen molar-refractivity contribution in [1.29, 1.82) is 0 Å². The number of ether oxygens (including phenoxy) is 1. The Bertz CT molecular complexity index is 1240. The Labute approximate surface area is 204 Å². The second kappa shape index (κ2) is 10.1. The molecule has 9 nitrogen and oxygen atoms in total. The molecule has 1 aliphatic heterocycles. The first-order chi connectivity index (χ1) is 16.6. The fourth-order valence-electron chi connectivity index (χ4n) is 3.63. The fourth-order valence-corrected chi connectivity index (χ4v) is 5.09. The number of carboxylic acids is 1. The SMILES string of the molecule is O=C(O)c1ccc(Cl)cc1S[C@H]1OC(CO)[C@H](O)C(n2cc(-c3cc(F)c(F)c(F)c3)nn2)C1O. The maximum absolute atomic E-state index is 13.6. The van der Waals surface area contributed by atoms with Crippen LogP contribution in [0.1, 0.15) is 16.4 Å². The molecule has 1 fully saturated rings. The molecule has 2 aromatic carbocycles. The predicted molar refractivity (Wildman–Crippen MR) is 116 cm³/mol. The molecule has 186 valence electrons. The number of aliphatic hydroxyl groups excluding tert-OH is 3. The smallest absolute Gasteiger partial charge is 0.336 e. The zero-order valence-corrected chi connectivity index (χ0v) is 19.0. The van der Waals surface area contributed by atoms with Crippen molar-refractivity contribution in [2.75, 3.05) is 6.61 Å². The van der Waals surface area contributed by atoms with Gasteiger partial charge in [-0.15, -0.1) is 5.10 Å². The summed E-state index contributed by atoms with van der Waals surface area (Å²) in [5.74, 6) is -5.77. The van der Waals surface area contributed by atoms with E-state index < -0.39 is 59.8 Å². The van der Waals surface area contributed by atoms with E-state index in [0.29, 0.717) is 12.1 Å². The van der Waals surface area contributed by atoms with Crippen LogP contribution in [-0.4, -0.2) is 71.7 Å². The molecule has 0 saturated carbocycles. The number of aromatic carboxylic acids is 1. The average Bonchev–Trinajstić information content (AvgIpc) is 3.28. The number of carbonyl (C=O) groups is 1. The van der Waals surface area contributed by atoms with Crippen LogP contribution in [0.15, 0.2) is 41.4 Å². The largest absolute Gasteiger partial charge is 0.478 e. The summed E-state index contributed by atoms with van der Waals surface area (Å²) in [4.78, 5) is 11.7. The number of carboxylic acid groups (broad SMARTS) is 1. The molecule has 1 aliphatic rings. The van der Waals surface area contributed by atoms with Crippen LogP contribution >= 0.6 is 23.4 Å². The first kappa shape index (κ1) is 25.4. The standard InChI is InChI=1S/C21H17ClF3N3O6S/c22-9-1-2-10(20(32)33)15(5-9)35-21-19(31)17(18(30)14(7-29)34-21)28-6-13(26-27-28)8-3-11(23)16(25)12(24)4-8/h1-6,14,17-19,21,29-31H,7H2,(H,32,33)/t14?,17?,18-,19?,21+/m0/s1. The molecule has 0 radical (unpaired) electrons. The number of hydrogen-bond acceptors (Lipinski definition) is 8. The van der Waals surface area contributed by atoms with Gasteiger partial charge < -0.3 is 25.2 Å². The normalized spacial score (nSPS) is 24.5. The molecule has 35 heavy (non-hydrogen) atoms. The van der Waals surface area contributed by atoms with E-state index in [1.165, 1.54) is 24.4 Å². The van der Waals surface area contributed by atoms with Crippen molar-refractivity contribution < 1.29 is 43.1 Å². The van der Waals surface area contributed by atoms with Gasteiger partial charge in [-0.3, -0.25) is 0 Å². The van der Waals surface area contributed by atoms with Crippen LogP contribution in [0.3, 0.4) is 0 Å². The highest BCUT2D eigenvalue weighted by atomic mass is 35.5. The van der Waals surface area contributed by atoms with E-state index in [-0.39, 0.29) is 26.7 Å². The Balaban J connectivity index is 1.67. The van der Waals surface area contributed by atoms with Crippen molar-refractivity contribution in [3.05, 3.63) is 64.6 Å². The van der Waals surface area contributed by atoms with Crippen LogP contribution in [0.2, 0.25) is 5.02 Å². The molecule has 1 aromatic heterocycles. The third-order valence-electron chi connectivity index (χ3n) is 5.36. The Morgan fingerprint density at radius 3 is 2.46 bits per heavy atom. The van der Waals surface area contributed by atoms with Gasteiger partial charge in [0, 0.05) is 15.5 Å². The van der Waals surface area contributed by atoms with Crippen molar-refractivity contribution in [2.45, 2.75) is 34.7 Å². The molecule has 4 rings (SSSR count). The minimum absolute atomic E-state index is 0.0820. The summed E-state index contributed by atoms with van der Waals surface area (Å²) in [6.45, 7) is -0.654. The zero-order chi connectivity index (χ0) is 25.4. The van der Waals surface area contributed by atoms with Crippen molar-refractivity contribution in [2.24, 2.45) is 0 Å². The van der Waals surface area contributed by atoms with Crippen molar-refractivity contribution in [3.8, 4) is 11.3 Å². The van der Waals surface area contributed by atoms with Gasteiger partial charge in [-0.1, -0.05) is 28.6 Å². The first-order valence-corrected chi connectivity index (χ1v) is 11.2. The molecule has 3 unspecified atom stereocenters. The molecule has 0 bridgehead atoms. The highest BCUT2D eigenvalue weighted by Crippen LogP contribution is 2.40. The maximum Gasteiger partial charge on any atom is 0.336 e. The quantitative estimate of drug-likeness (QED) is 0.353. The monoisotopic (exact) mass is 531 g/mol. The second-order valence-electron chi connectivity index (χ2n) is 7.60. The molecular formula is C21H17ClF3N3O6S. The van der Waals surface area contributed by atoms with Gasteiger partial charge in [0.1, 0.15) is 35.5 Å². The van der Waals surface area contributed by atoms with Crippen LogP contribution < -0.4 is 0 Å². The summed E-state index contributed by atoms with van der Waals surface area (Å²) in [7, 11) is 0. The van der Waals surface area contributed by atoms with Gasteiger partial charge in [-0.05, 0) is 30.3 Å². The van der Waals surface area contributed by atoms with Crippen LogP contribution in [0, 0.1) is 17.5 Å². The Morgan fingerprint density at radius 1 is 1.14 bits per heavy atom. The van der Waals surface area contributed by atoms with Crippen molar-refractivity contribution in [1.82, 2.24) is 15.0 Å². The average molecular weight is 532 g/mol. The Hall–Kier alpha value is -2.68. The van der Waals surface area contributed by atoms with E-state index in [1.807, 2.05) is 0 Å². The minimum atomic E-state index is -1.65. The number of benzene rings is 2. The highest BCUT2D eigenvalue weighted by molar-refractivity contribution is 8.00. The predicted octanol–water partition coefficient (Wildman–Crippen LogP) is 2.49. The molecular weight excluding hydrogens is 515 g/mol. The third kappa shape index (κ3) is 5.01. The minimum Gasteiger partial charge on any atom is -0.478 e. The van der Waals surface area contributed by atoms with Gasteiger partial charge in [0.05, 0.1) is 18.4 Å². The molecule has 0 aliphatic carbocycles. The van der Waals surface area contributed by atoms with E-state index in [4.69, 9.17) is 16.3 Å². The summed E-state index contributed by atoms with van der Waals surface area (Å²) in [6.07, 6.45) is -3.05. The number of aromatic nitrogens is 3. The Morgan fingerprint density at radius 2 is 1.83 bits per heavy atom. The molecule has 14 heteroatoms. The van der Waals surface area contributed by atoms with E-state index in [9.17, 15) is 38.4 Å². The fraction of sp³-hybridized carbons (Fsp3) is 0.286. The van der Waals surface area contributed by atoms with E-state index in [0.717, 1.165) is 16.4 Å². The van der Waals surface area contributed by atoms with Gasteiger partial charge in [-0.25, -0.2) is 22.6 Å². The lowest BCUT2D eigenvalue weighted by Gasteiger charge is -2.41. The van der Waals surface area contributed by atoms with E-state index >= 15 is 0 Å². The second-order valence-corrected chi connectivity index (χ2v) is 9.18. The molecule has 3 aromatic rings. The van der Waals surface area contributed by atoms with Crippen LogP contribution in [-0.2, 0) is 4.74 Å². The lowest BCUT2D eigenvalue weighted by molar-refractivity contribution is -0.178. The van der Waals surface area contributed by atoms with Gasteiger partial charge in [0.15, 0.2) is 17.5 Å². The lowest BCUT2D eigenvalue weighted by atomic mass is 9.97. The summed E-state index contributed by atoms with van der Waals surface area (Å²) in [6, 6.07) is 4.20. The van der Waals surface area contributed by atoms with Crippen molar-refractivity contribution in [3.63, 3.8) is 0 Å². The first-order valence-electron chi connectivity index (χ1n) is 9.99. The van der Waals surface area contributed by atoms with E-state index in [2.05, 4.69) is 10.3 Å². The number of halogens is 4. The molecule has 0 spiro atoms. The van der Waals surface area contributed by atoms with E-state index in [1.54, 1.807) is 0 Å². The Kier molecular flexibility index (Phi) is 7.35. The number of rotatable bonds is 6. The molecule has 5 atom stereocenters. The number of nitrogens with zero attached hydrogens (tertiary/aromatic N) is 3. The van der Waals surface area contributed by atoms with Gasteiger partial charge in [0.25, 0.3) is 0 Å². The van der Waals surface area contributed by atoms with Crippen molar-refractivity contribution >= 4 is 29.3 Å². The zero-order valence-electron chi connectivity index (χ0n) is 17.4.